The quantitative estimate of drug-likeness (QED) is 0.791. The Kier molecular flexibility index (Phi) is 4.53. The molecular formula is C22H38O3. The fourth-order valence-electron chi connectivity index (χ4n) is 8.35. The van der Waals surface area contributed by atoms with E-state index in [2.05, 4.69) is 13.8 Å². The number of fused-ring (bicyclic) bond motifs is 5. The van der Waals surface area contributed by atoms with Crippen LogP contribution >= 0.6 is 0 Å². The zero-order valence-electron chi connectivity index (χ0n) is 16.6. The molecule has 0 heterocycles. The summed E-state index contributed by atoms with van der Waals surface area (Å²) in [7, 11) is 1.89. The number of hydrogen-bond acceptors (Lipinski definition) is 3. The maximum atomic E-state index is 10.4. The molecule has 4 saturated carbocycles. The van der Waals surface area contributed by atoms with Gasteiger partial charge in [-0.15, -0.1) is 0 Å². The number of methoxy groups -OCH3 is 1. The van der Waals surface area contributed by atoms with Crippen molar-refractivity contribution in [2.24, 2.45) is 40.4 Å². The highest BCUT2D eigenvalue weighted by molar-refractivity contribution is 5.13. The van der Waals surface area contributed by atoms with E-state index in [0.717, 1.165) is 37.5 Å². The predicted octanol–water partition coefficient (Wildman–Crippen LogP) is 4.01. The van der Waals surface area contributed by atoms with E-state index in [-0.39, 0.29) is 23.7 Å². The number of hydrogen-bond donors (Lipinski definition) is 2. The molecule has 4 aliphatic carbocycles. The first-order chi connectivity index (χ1) is 11.8. The summed E-state index contributed by atoms with van der Waals surface area (Å²) in [6.45, 7) is 6.93. The van der Waals surface area contributed by atoms with Gasteiger partial charge in [0.2, 0.25) is 0 Å². The Bertz CT molecular complexity index is 506. The van der Waals surface area contributed by atoms with Crippen molar-refractivity contribution in [3.05, 3.63) is 0 Å². The molecule has 25 heavy (non-hydrogen) atoms. The van der Waals surface area contributed by atoms with Gasteiger partial charge in [-0.05, 0) is 93.3 Å². The van der Waals surface area contributed by atoms with Crippen molar-refractivity contribution < 1.29 is 14.9 Å². The molecule has 0 radical (unpaired) electrons. The third-order valence-corrected chi connectivity index (χ3v) is 9.65. The molecule has 0 aliphatic heterocycles. The minimum Gasteiger partial charge on any atom is -0.393 e. The first-order valence-corrected chi connectivity index (χ1v) is 10.7. The molecule has 10 atom stereocenters. The van der Waals surface area contributed by atoms with Gasteiger partial charge < -0.3 is 14.9 Å². The minimum atomic E-state index is -0.235. The topological polar surface area (TPSA) is 49.7 Å². The average molecular weight is 351 g/mol. The van der Waals surface area contributed by atoms with Crippen molar-refractivity contribution in [3.63, 3.8) is 0 Å². The largest absolute Gasteiger partial charge is 0.393 e. The van der Waals surface area contributed by atoms with Gasteiger partial charge in [0.15, 0.2) is 0 Å². The number of ether oxygens (including phenoxy) is 1. The molecule has 0 saturated heterocycles. The van der Waals surface area contributed by atoms with Gasteiger partial charge in [-0.2, -0.15) is 0 Å². The standard InChI is InChI=1S/C22H38O3/c1-13(23)17-7-8-18-16-6-5-14-11-15(24)9-10-21(14,2)19(16)12-20(25-4)22(17,18)3/h13-20,23-24H,5-12H2,1-4H3/t13?,14-,15-,16-,17+,18-,19-,20-,21-,22+/m0/s1. The van der Waals surface area contributed by atoms with Gasteiger partial charge in [0.25, 0.3) is 0 Å². The normalized spacial score (nSPS) is 56.6. The van der Waals surface area contributed by atoms with Crippen LogP contribution in [0.5, 0.6) is 0 Å². The molecule has 144 valence electrons. The van der Waals surface area contributed by atoms with Crippen molar-refractivity contribution in [1.29, 1.82) is 0 Å². The second kappa shape index (κ2) is 6.21. The molecule has 0 spiro atoms. The summed E-state index contributed by atoms with van der Waals surface area (Å²) in [5.41, 5.74) is 0.505. The molecule has 3 nitrogen and oxygen atoms in total. The molecule has 3 heteroatoms. The van der Waals surface area contributed by atoms with Crippen molar-refractivity contribution in [3.8, 4) is 0 Å². The highest BCUT2D eigenvalue weighted by atomic mass is 16.5. The van der Waals surface area contributed by atoms with E-state index in [0.29, 0.717) is 23.2 Å². The van der Waals surface area contributed by atoms with Gasteiger partial charge in [0.1, 0.15) is 0 Å². The fourth-order valence-corrected chi connectivity index (χ4v) is 8.35. The lowest BCUT2D eigenvalue weighted by atomic mass is 9.44. The van der Waals surface area contributed by atoms with E-state index in [1.807, 2.05) is 14.0 Å². The van der Waals surface area contributed by atoms with E-state index in [9.17, 15) is 10.2 Å². The summed E-state index contributed by atoms with van der Waals surface area (Å²) in [5.74, 6) is 3.28. The fraction of sp³-hybridized carbons (Fsp3) is 1.00. The van der Waals surface area contributed by atoms with Gasteiger partial charge in [0, 0.05) is 12.5 Å². The van der Waals surface area contributed by atoms with Crippen LogP contribution in [-0.2, 0) is 4.74 Å². The SMILES string of the molecule is CO[C@H]1C[C@H]2[C@@H](CC[C@H]3C[C@@H](O)CC[C@@]32C)[C@@H]2CC[C@H](C(C)O)[C@@]12C. The number of aliphatic hydroxyl groups excluding tert-OH is 2. The van der Waals surface area contributed by atoms with E-state index in [4.69, 9.17) is 4.74 Å². The molecule has 4 rings (SSSR count). The molecule has 0 aromatic carbocycles. The van der Waals surface area contributed by atoms with Crippen LogP contribution < -0.4 is 0 Å². The number of rotatable bonds is 2. The second-order valence-corrected chi connectivity index (χ2v) is 10.3. The molecular weight excluding hydrogens is 312 g/mol. The molecule has 0 bridgehead atoms. The Balaban J connectivity index is 1.67. The summed E-state index contributed by atoms with van der Waals surface area (Å²) >= 11 is 0. The Labute approximate surface area is 153 Å². The lowest BCUT2D eigenvalue weighted by Crippen LogP contribution is -2.59. The van der Waals surface area contributed by atoms with Crippen molar-refractivity contribution in [2.45, 2.75) is 90.4 Å². The third-order valence-electron chi connectivity index (χ3n) is 9.65. The predicted molar refractivity (Wildman–Crippen MR) is 99.1 cm³/mol. The van der Waals surface area contributed by atoms with Crippen LogP contribution in [0.2, 0.25) is 0 Å². The van der Waals surface area contributed by atoms with E-state index >= 15 is 0 Å². The van der Waals surface area contributed by atoms with Crippen LogP contribution in [0.1, 0.15) is 72.1 Å². The summed E-state index contributed by atoms with van der Waals surface area (Å²) in [6, 6.07) is 0. The van der Waals surface area contributed by atoms with E-state index < -0.39 is 0 Å². The van der Waals surface area contributed by atoms with Crippen LogP contribution in [0.4, 0.5) is 0 Å². The first kappa shape index (κ1) is 18.3. The maximum Gasteiger partial charge on any atom is 0.0634 e. The van der Waals surface area contributed by atoms with Gasteiger partial charge in [-0.1, -0.05) is 13.8 Å². The first-order valence-electron chi connectivity index (χ1n) is 10.7. The smallest absolute Gasteiger partial charge is 0.0634 e. The third kappa shape index (κ3) is 2.48. The molecule has 0 aromatic heterocycles. The summed E-state index contributed by atoms with van der Waals surface area (Å²) in [4.78, 5) is 0. The van der Waals surface area contributed by atoms with Gasteiger partial charge in [0.05, 0.1) is 18.3 Å². The van der Waals surface area contributed by atoms with Gasteiger partial charge >= 0.3 is 0 Å². The van der Waals surface area contributed by atoms with E-state index in [1.165, 1.54) is 25.7 Å². The van der Waals surface area contributed by atoms with Gasteiger partial charge in [-0.3, -0.25) is 0 Å². The molecule has 4 fully saturated rings. The van der Waals surface area contributed by atoms with Gasteiger partial charge in [-0.25, -0.2) is 0 Å². The number of aliphatic hydroxyl groups is 2. The van der Waals surface area contributed by atoms with Crippen molar-refractivity contribution in [1.82, 2.24) is 0 Å². The summed E-state index contributed by atoms with van der Waals surface area (Å²) in [5, 5.41) is 20.6. The monoisotopic (exact) mass is 350 g/mol. The summed E-state index contributed by atoms with van der Waals surface area (Å²) in [6.07, 6.45) is 9.30. The van der Waals surface area contributed by atoms with Crippen LogP contribution in [0.25, 0.3) is 0 Å². The van der Waals surface area contributed by atoms with Crippen LogP contribution in [-0.4, -0.2) is 35.6 Å². The summed E-state index contributed by atoms with van der Waals surface area (Å²) < 4.78 is 6.12. The highest BCUT2D eigenvalue weighted by Gasteiger charge is 2.64. The van der Waals surface area contributed by atoms with Crippen molar-refractivity contribution >= 4 is 0 Å². The molecule has 2 N–H and O–H groups in total. The zero-order chi connectivity index (χ0) is 18.0. The van der Waals surface area contributed by atoms with Crippen LogP contribution in [0.15, 0.2) is 0 Å². The Hall–Kier alpha value is -0.120. The highest BCUT2D eigenvalue weighted by Crippen LogP contribution is 2.68. The van der Waals surface area contributed by atoms with Crippen molar-refractivity contribution in [2.75, 3.05) is 7.11 Å². The molecule has 4 aliphatic rings. The average Bonchev–Trinajstić information content (AvgIpc) is 2.93. The Morgan fingerprint density at radius 2 is 1.76 bits per heavy atom. The molecule has 0 aromatic rings. The lowest BCUT2D eigenvalue weighted by molar-refractivity contribution is -0.186. The Morgan fingerprint density at radius 3 is 2.44 bits per heavy atom. The maximum absolute atomic E-state index is 10.4. The molecule has 0 amide bonds. The zero-order valence-corrected chi connectivity index (χ0v) is 16.6. The lowest BCUT2D eigenvalue weighted by Gasteiger charge is -2.62. The minimum absolute atomic E-state index is 0.0761. The van der Waals surface area contributed by atoms with Crippen LogP contribution in [0.3, 0.4) is 0 Å². The molecule has 1 unspecified atom stereocenters. The van der Waals surface area contributed by atoms with E-state index in [1.54, 1.807) is 0 Å². The second-order valence-electron chi connectivity index (χ2n) is 10.3. The van der Waals surface area contributed by atoms with Crippen LogP contribution in [0, 0.1) is 40.4 Å². The Morgan fingerprint density at radius 1 is 1.00 bits per heavy atom.